The summed E-state index contributed by atoms with van der Waals surface area (Å²) in [5.74, 6) is 2.27. The SMILES string of the molecule is CC(C)CNC(=O)c1ccc(NC(=O)NCCc2nnc3n2CCCCC3)cc1. The second kappa shape index (κ2) is 10.0. The number of urea groups is 1. The van der Waals surface area contributed by atoms with Crippen molar-refractivity contribution in [1.29, 1.82) is 0 Å². The van der Waals surface area contributed by atoms with Gasteiger partial charge in [0, 0.05) is 43.7 Å². The first kappa shape index (κ1) is 20.8. The molecule has 0 spiro atoms. The molecule has 1 aromatic carbocycles. The van der Waals surface area contributed by atoms with Crippen molar-refractivity contribution in [1.82, 2.24) is 25.4 Å². The number of carbonyl (C=O) groups excluding carboxylic acids is 2. The second-order valence-electron chi connectivity index (χ2n) is 7.81. The molecule has 3 rings (SSSR count). The minimum Gasteiger partial charge on any atom is -0.352 e. The van der Waals surface area contributed by atoms with Crippen LogP contribution in [0.15, 0.2) is 24.3 Å². The molecule has 3 amide bonds. The standard InChI is InChI=1S/C21H30N6O2/c1-15(2)14-23-20(28)16-7-9-17(10-8-16)24-21(29)22-12-11-19-26-25-18-6-4-3-5-13-27(18)19/h7-10,15H,3-6,11-14H2,1-2H3,(H,23,28)(H2,22,24,29). The molecule has 2 heterocycles. The lowest BCUT2D eigenvalue weighted by Crippen LogP contribution is -2.31. The Morgan fingerprint density at radius 1 is 1.07 bits per heavy atom. The van der Waals surface area contributed by atoms with Gasteiger partial charge in [0.05, 0.1) is 0 Å². The zero-order valence-corrected chi connectivity index (χ0v) is 17.2. The maximum Gasteiger partial charge on any atom is 0.319 e. The van der Waals surface area contributed by atoms with Gasteiger partial charge in [-0.05, 0) is 43.0 Å². The number of benzene rings is 1. The molecule has 1 aliphatic rings. The molecule has 0 saturated heterocycles. The molecule has 3 N–H and O–H groups in total. The maximum atomic E-state index is 12.1. The molecule has 2 aromatic rings. The first-order valence-corrected chi connectivity index (χ1v) is 10.4. The predicted octanol–water partition coefficient (Wildman–Crippen LogP) is 2.75. The van der Waals surface area contributed by atoms with Crippen LogP contribution in [0.3, 0.4) is 0 Å². The predicted molar refractivity (Wildman–Crippen MR) is 112 cm³/mol. The zero-order valence-electron chi connectivity index (χ0n) is 17.2. The molecule has 8 heteroatoms. The van der Waals surface area contributed by atoms with Crippen LogP contribution in [0.1, 0.15) is 55.1 Å². The number of fused-ring (bicyclic) bond motifs is 1. The number of nitrogens with one attached hydrogen (secondary N) is 3. The average Bonchev–Trinajstić information content (AvgIpc) is 2.93. The van der Waals surface area contributed by atoms with Gasteiger partial charge in [-0.25, -0.2) is 4.79 Å². The van der Waals surface area contributed by atoms with E-state index in [1.807, 2.05) is 13.8 Å². The first-order chi connectivity index (χ1) is 14.0. The molecular weight excluding hydrogens is 368 g/mol. The minimum absolute atomic E-state index is 0.109. The van der Waals surface area contributed by atoms with E-state index in [1.165, 1.54) is 6.42 Å². The fourth-order valence-corrected chi connectivity index (χ4v) is 3.30. The fraction of sp³-hybridized carbons (Fsp3) is 0.524. The molecule has 0 radical (unpaired) electrons. The Labute approximate surface area is 171 Å². The second-order valence-corrected chi connectivity index (χ2v) is 7.81. The Balaban J connectivity index is 1.44. The van der Waals surface area contributed by atoms with Crippen molar-refractivity contribution >= 4 is 17.6 Å². The van der Waals surface area contributed by atoms with Gasteiger partial charge in [-0.3, -0.25) is 4.79 Å². The van der Waals surface area contributed by atoms with Crippen LogP contribution < -0.4 is 16.0 Å². The summed E-state index contributed by atoms with van der Waals surface area (Å²) in [7, 11) is 0. The molecule has 0 saturated carbocycles. The van der Waals surface area contributed by atoms with Crippen LogP contribution >= 0.6 is 0 Å². The smallest absolute Gasteiger partial charge is 0.319 e. The fourth-order valence-electron chi connectivity index (χ4n) is 3.30. The number of amides is 3. The first-order valence-electron chi connectivity index (χ1n) is 10.4. The third kappa shape index (κ3) is 6.04. The molecule has 0 atom stereocenters. The summed E-state index contributed by atoms with van der Waals surface area (Å²) in [6.45, 7) is 6.17. The summed E-state index contributed by atoms with van der Waals surface area (Å²) in [6, 6.07) is 6.58. The monoisotopic (exact) mass is 398 g/mol. The van der Waals surface area contributed by atoms with E-state index in [4.69, 9.17) is 0 Å². The van der Waals surface area contributed by atoms with Gasteiger partial charge < -0.3 is 20.5 Å². The van der Waals surface area contributed by atoms with Gasteiger partial charge in [-0.15, -0.1) is 10.2 Å². The van der Waals surface area contributed by atoms with Gasteiger partial charge in [0.15, 0.2) is 0 Å². The lowest BCUT2D eigenvalue weighted by Gasteiger charge is -2.10. The minimum atomic E-state index is -0.280. The van der Waals surface area contributed by atoms with Crippen molar-refractivity contribution in [2.24, 2.45) is 5.92 Å². The summed E-state index contributed by atoms with van der Waals surface area (Å²) in [4.78, 5) is 24.2. The van der Waals surface area contributed by atoms with E-state index in [0.29, 0.717) is 36.7 Å². The summed E-state index contributed by atoms with van der Waals surface area (Å²) in [6.07, 6.45) is 5.16. The van der Waals surface area contributed by atoms with Crippen LogP contribution in [0.4, 0.5) is 10.5 Å². The van der Waals surface area contributed by atoms with E-state index < -0.39 is 0 Å². The molecule has 0 unspecified atom stereocenters. The van der Waals surface area contributed by atoms with Gasteiger partial charge in [0.1, 0.15) is 11.6 Å². The Morgan fingerprint density at radius 2 is 1.86 bits per heavy atom. The number of aryl methyl sites for hydroxylation is 1. The highest BCUT2D eigenvalue weighted by molar-refractivity contribution is 5.95. The zero-order chi connectivity index (χ0) is 20.6. The summed E-state index contributed by atoms with van der Waals surface area (Å²) < 4.78 is 2.19. The topological polar surface area (TPSA) is 101 Å². The number of aromatic nitrogens is 3. The molecular formula is C21H30N6O2. The molecule has 1 aliphatic heterocycles. The number of nitrogens with zero attached hydrogens (tertiary/aromatic N) is 3. The molecule has 29 heavy (non-hydrogen) atoms. The number of anilines is 1. The summed E-state index contributed by atoms with van der Waals surface area (Å²) in [5.41, 5.74) is 1.21. The van der Waals surface area contributed by atoms with Crippen LogP contribution in [0.5, 0.6) is 0 Å². The number of rotatable bonds is 7. The van der Waals surface area contributed by atoms with E-state index in [-0.39, 0.29) is 11.9 Å². The van der Waals surface area contributed by atoms with Gasteiger partial charge in [-0.2, -0.15) is 0 Å². The van der Waals surface area contributed by atoms with Crippen LogP contribution in [0.2, 0.25) is 0 Å². The van der Waals surface area contributed by atoms with Crippen LogP contribution in [-0.4, -0.2) is 39.8 Å². The van der Waals surface area contributed by atoms with E-state index >= 15 is 0 Å². The normalized spacial score (nSPS) is 13.5. The third-order valence-electron chi connectivity index (χ3n) is 4.90. The maximum absolute atomic E-state index is 12.1. The molecule has 156 valence electrons. The Morgan fingerprint density at radius 3 is 2.62 bits per heavy atom. The van der Waals surface area contributed by atoms with Crippen molar-refractivity contribution in [2.75, 3.05) is 18.4 Å². The van der Waals surface area contributed by atoms with Crippen molar-refractivity contribution < 1.29 is 9.59 Å². The summed E-state index contributed by atoms with van der Waals surface area (Å²) >= 11 is 0. The number of hydrogen-bond donors (Lipinski definition) is 3. The third-order valence-corrected chi connectivity index (χ3v) is 4.90. The Hall–Kier alpha value is -2.90. The van der Waals surface area contributed by atoms with E-state index in [1.54, 1.807) is 24.3 Å². The van der Waals surface area contributed by atoms with Crippen molar-refractivity contribution in [3.63, 3.8) is 0 Å². The molecule has 8 nitrogen and oxygen atoms in total. The number of carbonyl (C=O) groups is 2. The van der Waals surface area contributed by atoms with Crippen LogP contribution in [0.25, 0.3) is 0 Å². The van der Waals surface area contributed by atoms with E-state index in [2.05, 4.69) is 30.7 Å². The van der Waals surface area contributed by atoms with Crippen molar-refractivity contribution in [3.8, 4) is 0 Å². The lowest BCUT2D eigenvalue weighted by molar-refractivity contribution is 0.0949. The van der Waals surface area contributed by atoms with E-state index in [0.717, 1.165) is 37.5 Å². The quantitative estimate of drug-likeness (QED) is 0.667. The van der Waals surface area contributed by atoms with Crippen molar-refractivity contribution in [2.45, 2.75) is 52.5 Å². The highest BCUT2D eigenvalue weighted by atomic mass is 16.2. The van der Waals surface area contributed by atoms with E-state index in [9.17, 15) is 9.59 Å². The van der Waals surface area contributed by atoms with Crippen molar-refractivity contribution in [3.05, 3.63) is 41.5 Å². The highest BCUT2D eigenvalue weighted by Crippen LogP contribution is 2.14. The molecule has 0 aliphatic carbocycles. The largest absolute Gasteiger partial charge is 0.352 e. The Bertz CT molecular complexity index is 828. The summed E-state index contributed by atoms with van der Waals surface area (Å²) in [5, 5.41) is 17.1. The van der Waals surface area contributed by atoms with Gasteiger partial charge in [0.25, 0.3) is 5.91 Å². The highest BCUT2D eigenvalue weighted by Gasteiger charge is 2.14. The van der Waals surface area contributed by atoms with Crippen LogP contribution in [0, 0.1) is 5.92 Å². The molecule has 0 fully saturated rings. The van der Waals surface area contributed by atoms with Crippen LogP contribution in [-0.2, 0) is 19.4 Å². The van der Waals surface area contributed by atoms with Gasteiger partial charge >= 0.3 is 6.03 Å². The molecule has 1 aromatic heterocycles. The number of hydrogen-bond acceptors (Lipinski definition) is 4. The van der Waals surface area contributed by atoms with Gasteiger partial charge in [0.2, 0.25) is 0 Å². The van der Waals surface area contributed by atoms with Gasteiger partial charge in [-0.1, -0.05) is 20.3 Å². The molecule has 0 bridgehead atoms. The lowest BCUT2D eigenvalue weighted by atomic mass is 10.1. The average molecular weight is 399 g/mol. The Kier molecular flexibility index (Phi) is 7.21.